The average Bonchev–Trinajstić information content (AvgIpc) is 2.27. The van der Waals surface area contributed by atoms with Crippen LogP contribution in [0.1, 0.15) is 19.8 Å². The summed E-state index contributed by atoms with van der Waals surface area (Å²) in [6.45, 7) is 1.72. The standard InChI is InChI=1S/C11H13ClFNO4S/c1-2-3-9(11(15)16)14-19(17,18)10-5-4-7(12)6-8(10)13/h4-6,9,14H,2-3H2,1H3,(H,15,16)/t9-/m1/s1. The summed E-state index contributed by atoms with van der Waals surface area (Å²) in [7, 11) is -4.24. The lowest BCUT2D eigenvalue weighted by atomic mass is 10.2. The molecule has 0 aromatic heterocycles. The molecular formula is C11H13ClFNO4S. The largest absolute Gasteiger partial charge is 0.480 e. The summed E-state index contributed by atoms with van der Waals surface area (Å²) in [5, 5.41) is 8.94. The van der Waals surface area contributed by atoms with E-state index in [0.717, 1.165) is 12.1 Å². The molecule has 1 atom stereocenters. The summed E-state index contributed by atoms with van der Waals surface area (Å²) >= 11 is 5.52. The molecule has 2 N–H and O–H groups in total. The first-order valence-corrected chi connectivity index (χ1v) is 7.34. The number of sulfonamides is 1. The number of nitrogens with one attached hydrogen (secondary N) is 1. The van der Waals surface area contributed by atoms with Gasteiger partial charge in [-0.05, 0) is 24.6 Å². The Morgan fingerprint density at radius 1 is 1.53 bits per heavy atom. The van der Waals surface area contributed by atoms with Crippen LogP contribution in [0.15, 0.2) is 23.1 Å². The van der Waals surface area contributed by atoms with E-state index in [-0.39, 0.29) is 11.4 Å². The molecule has 0 spiro atoms. The van der Waals surface area contributed by atoms with Gasteiger partial charge in [0.15, 0.2) is 0 Å². The third kappa shape index (κ3) is 4.15. The van der Waals surface area contributed by atoms with Gasteiger partial charge in [-0.3, -0.25) is 4.79 Å². The second-order valence-corrected chi connectivity index (χ2v) is 5.99. The summed E-state index contributed by atoms with van der Waals surface area (Å²) in [6.07, 6.45) is 0.590. The molecule has 0 aliphatic rings. The van der Waals surface area contributed by atoms with Gasteiger partial charge in [-0.2, -0.15) is 4.72 Å². The first-order chi connectivity index (χ1) is 8.77. The number of carbonyl (C=O) groups is 1. The van der Waals surface area contributed by atoms with E-state index in [1.165, 1.54) is 6.07 Å². The molecule has 1 rings (SSSR count). The maximum absolute atomic E-state index is 13.5. The van der Waals surface area contributed by atoms with Crippen molar-refractivity contribution in [3.63, 3.8) is 0 Å². The van der Waals surface area contributed by atoms with E-state index < -0.39 is 32.7 Å². The molecule has 0 saturated carbocycles. The fourth-order valence-electron chi connectivity index (χ4n) is 1.47. The number of hydrogen-bond donors (Lipinski definition) is 2. The van der Waals surface area contributed by atoms with E-state index in [9.17, 15) is 17.6 Å². The second-order valence-electron chi connectivity index (χ2n) is 3.88. The highest BCUT2D eigenvalue weighted by Gasteiger charge is 2.26. The smallest absolute Gasteiger partial charge is 0.321 e. The van der Waals surface area contributed by atoms with Gasteiger partial charge < -0.3 is 5.11 Å². The monoisotopic (exact) mass is 309 g/mol. The minimum atomic E-state index is -4.24. The molecule has 19 heavy (non-hydrogen) atoms. The Morgan fingerprint density at radius 2 is 2.16 bits per heavy atom. The number of benzene rings is 1. The van der Waals surface area contributed by atoms with E-state index in [0.29, 0.717) is 6.42 Å². The molecule has 0 unspecified atom stereocenters. The van der Waals surface area contributed by atoms with Crippen molar-refractivity contribution in [3.05, 3.63) is 29.0 Å². The summed E-state index contributed by atoms with van der Waals surface area (Å²) in [5.74, 6) is -2.33. The topological polar surface area (TPSA) is 83.5 Å². The molecule has 0 aliphatic heterocycles. The Kier molecular flexibility index (Phi) is 5.28. The van der Waals surface area contributed by atoms with Crippen LogP contribution in [0.5, 0.6) is 0 Å². The lowest BCUT2D eigenvalue weighted by molar-refractivity contribution is -0.139. The molecule has 0 radical (unpaired) electrons. The third-order valence-corrected chi connectivity index (χ3v) is 4.10. The zero-order chi connectivity index (χ0) is 14.6. The average molecular weight is 310 g/mol. The molecule has 8 heteroatoms. The minimum absolute atomic E-state index is 0.0554. The number of halogens is 2. The van der Waals surface area contributed by atoms with E-state index in [1.807, 2.05) is 4.72 Å². The van der Waals surface area contributed by atoms with Gasteiger partial charge in [0.25, 0.3) is 0 Å². The molecule has 0 amide bonds. The predicted octanol–water partition coefficient (Wildman–Crippen LogP) is 2.01. The van der Waals surface area contributed by atoms with Crippen LogP contribution in [-0.4, -0.2) is 25.5 Å². The SMILES string of the molecule is CCC[C@@H](NS(=O)(=O)c1ccc(Cl)cc1F)C(=O)O. The molecule has 0 saturated heterocycles. The normalized spacial score (nSPS) is 13.2. The highest BCUT2D eigenvalue weighted by molar-refractivity contribution is 7.89. The van der Waals surface area contributed by atoms with Crippen molar-refractivity contribution in [2.24, 2.45) is 0 Å². The number of carboxylic acid groups (broad SMARTS) is 1. The van der Waals surface area contributed by atoms with Gasteiger partial charge in [0.05, 0.1) is 0 Å². The predicted molar refractivity (Wildman–Crippen MR) is 68.1 cm³/mol. The highest BCUT2D eigenvalue weighted by atomic mass is 35.5. The van der Waals surface area contributed by atoms with E-state index in [2.05, 4.69) is 0 Å². The quantitative estimate of drug-likeness (QED) is 0.842. The minimum Gasteiger partial charge on any atom is -0.480 e. The lowest BCUT2D eigenvalue weighted by Crippen LogP contribution is -2.40. The van der Waals surface area contributed by atoms with Gasteiger partial charge in [-0.25, -0.2) is 12.8 Å². The molecule has 0 fully saturated rings. The summed E-state index contributed by atoms with van der Waals surface area (Å²) in [4.78, 5) is 10.3. The zero-order valence-corrected chi connectivity index (χ0v) is 11.6. The number of hydrogen-bond acceptors (Lipinski definition) is 3. The number of aliphatic carboxylic acids is 1. The van der Waals surface area contributed by atoms with Crippen LogP contribution in [0.4, 0.5) is 4.39 Å². The molecule has 1 aromatic rings. The van der Waals surface area contributed by atoms with E-state index in [1.54, 1.807) is 6.92 Å². The Morgan fingerprint density at radius 3 is 2.63 bits per heavy atom. The number of rotatable bonds is 6. The van der Waals surface area contributed by atoms with Crippen molar-refractivity contribution in [1.82, 2.24) is 4.72 Å². The lowest BCUT2D eigenvalue weighted by Gasteiger charge is -2.14. The van der Waals surface area contributed by atoms with Gasteiger partial charge in [-0.1, -0.05) is 24.9 Å². The van der Waals surface area contributed by atoms with Gasteiger partial charge in [0, 0.05) is 5.02 Å². The van der Waals surface area contributed by atoms with Gasteiger partial charge in [0.1, 0.15) is 16.8 Å². The van der Waals surface area contributed by atoms with Crippen LogP contribution in [0.2, 0.25) is 5.02 Å². The van der Waals surface area contributed by atoms with Crippen LogP contribution in [0.25, 0.3) is 0 Å². The van der Waals surface area contributed by atoms with Crippen molar-refractivity contribution >= 4 is 27.6 Å². The maximum Gasteiger partial charge on any atom is 0.321 e. The molecule has 106 valence electrons. The summed E-state index contributed by atoms with van der Waals surface area (Å²) < 4.78 is 39.3. The van der Waals surface area contributed by atoms with Gasteiger partial charge >= 0.3 is 5.97 Å². The van der Waals surface area contributed by atoms with Crippen LogP contribution in [0, 0.1) is 5.82 Å². The Labute approximate surface area is 115 Å². The highest BCUT2D eigenvalue weighted by Crippen LogP contribution is 2.19. The Bertz CT molecular complexity index is 576. The van der Waals surface area contributed by atoms with E-state index in [4.69, 9.17) is 16.7 Å². The number of carboxylic acids is 1. The molecular weight excluding hydrogens is 297 g/mol. The Balaban J connectivity index is 3.06. The van der Waals surface area contributed by atoms with Crippen molar-refractivity contribution in [1.29, 1.82) is 0 Å². The van der Waals surface area contributed by atoms with E-state index >= 15 is 0 Å². The zero-order valence-electron chi connectivity index (χ0n) is 10.1. The fourth-order valence-corrected chi connectivity index (χ4v) is 2.91. The fraction of sp³-hybridized carbons (Fsp3) is 0.364. The van der Waals surface area contributed by atoms with Gasteiger partial charge in [0.2, 0.25) is 10.0 Å². The van der Waals surface area contributed by atoms with Crippen molar-refractivity contribution in [2.75, 3.05) is 0 Å². The molecule has 1 aromatic carbocycles. The first kappa shape index (κ1) is 15.9. The first-order valence-electron chi connectivity index (χ1n) is 5.48. The summed E-state index contributed by atoms with van der Waals surface area (Å²) in [6, 6.07) is 1.77. The molecule has 0 heterocycles. The van der Waals surface area contributed by atoms with Crippen molar-refractivity contribution < 1.29 is 22.7 Å². The Hall–Kier alpha value is -1.18. The van der Waals surface area contributed by atoms with Gasteiger partial charge in [-0.15, -0.1) is 0 Å². The van der Waals surface area contributed by atoms with Crippen LogP contribution >= 0.6 is 11.6 Å². The molecule has 5 nitrogen and oxygen atoms in total. The van der Waals surface area contributed by atoms with Crippen molar-refractivity contribution in [3.8, 4) is 0 Å². The molecule has 0 bridgehead atoms. The molecule has 0 aliphatic carbocycles. The summed E-state index contributed by atoms with van der Waals surface area (Å²) in [5.41, 5.74) is 0. The van der Waals surface area contributed by atoms with Crippen molar-refractivity contribution in [2.45, 2.75) is 30.7 Å². The van der Waals surface area contributed by atoms with Crippen LogP contribution < -0.4 is 4.72 Å². The maximum atomic E-state index is 13.5. The second kappa shape index (κ2) is 6.31. The third-order valence-electron chi connectivity index (χ3n) is 2.36. The van der Waals surface area contributed by atoms with Crippen LogP contribution in [0.3, 0.4) is 0 Å². The van der Waals surface area contributed by atoms with Crippen LogP contribution in [-0.2, 0) is 14.8 Å².